The average molecular weight is 268 g/mol. The second-order valence-electron chi connectivity index (χ2n) is 5.70. The molecule has 0 N–H and O–H groups in total. The summed E-state index contributed by atoms with van der Waals surface area (Å²) in [6.45, 7) is 1.84. The monoisotopic (exact) mass is 268 g/mol. The molecule has 2 nitrogen and oxygen atoms in total. The van der Waals surface area contributed by atoms with Gasteiger partial charge in [-0.2, -0.15) is 0 Å². The number of benzene rings is 1. The van der Waals surface area contributed by atoms with Crippen molar-refractivity contribution in [2.45, 2.75) is 44.9 Å². The highest BCUT2D eigenvalue weighted by Gasteiger charge is 2.21. The fourth-order valence-electron chi connectivity index (χ4n) is 3.12. The Morgan fingerprint density at radius 2 is 1.75 bits per heavy atom. The van der Waals surface area contributed by atoms with Crippen molar-refractivity contribution in [1.82, 2.24) is 0 Å². The second-order valence-corrected chi connectivity index (χ2v) is 5.70. The van der Waals surface area contributed by atoms with Crippen molar-refractivity contribution in [3.63, 3.8) is 0 Å². The molecule has 0 aliphatic heterocycles. The Hall–Kier alpha value is -1.83. The lowest BCUT2D eigenvalue weighted by Crippen LogP contribution is -2.11. The maximum Gasteiger partial charge on any atom is 0.339 e. The smallest absolute Gasteiger partial charge is 0.339 e. The zero-order valence-electron chi connectivity index (χ0n) is 11.9. The predicted molar refractivity (Wildman–Crippen MR) is 81.0 cm³/mol. The first-order valence-corrected chi connectivity index (χ1v) is 7.46. The van der Waals surface area contributed by atoms with Gasteiger partial charge in [0.25, 0.3) is 0 Å². The minimum Gasteiger partial charge on any atom is -0.422 e. The van der Waals surface area contributed by atoms with Gasteiger partial charge in [-0.15, -0.1) is 0 Å². The van der Waals surface area contributed by atoms with Crippen LogP contribution >= 0.6 is 0 Å². The van der Waals surface area contributed by atoms with Gasteiger partial charge in [-0.05, 0) is 37.3 Å². The first kappa shape index (κ1) is 13.2. The zero-order valence-corrected chi connectivity index (χ0v) is 11.9. The van der Waals surface area contributed by atoms with Crippen LogP contribution in [0.15, 0.2) is 45.6 Å². The molecule has 0 bridgehead atoms. The first-order valence-electron chi connectivity index (χ1n) is 7.46. The van der Waals surface area contributed by atoms with Gasteiger partial charge in [-0.1, -0.05) is 49.6 Å². The van der Waals surface area contributed by atoms with Crippen molar-refractivity contribution in [3.05, 3.63) is 57.9 Å². The fourth-order valence-corrected chi connectivity index (χ4v) is 3.12. The molecular weight excluding hydrogens is 248 g/mol. The molecular formula is C18H20O2. The van der Waals surface area contributed by atoms with E-state index in [2.05, 4.69) is 0 Å². The largest absolute Gasteiger partial charge is 0.422 e. The molecule has 1 aromatic carbocycles. The highest BCUT2D eigenvalue weighted by molar-refractivity contribution is 5.62. The SMILES string of the molecule is Cc1cc(C2CCCCC2)c(-c2ccccc2)oc1=O. The van der Waals surface area contributed by atoms with Gasteiger partial charge < -0.3 is 4.42 Å². The second kappa shape index (κ2) is 5.66. The lowest BCUT2D eigenvalue weighted by atomic mass is 9.82. The molecule has 1 aliphatic carbocycles. The van der Waals surface area contributed by atoms with E-state index in [0.29, 0.717) is 11.5 Å². The number of hydrogen-bond donors (Lipinski definition) is 0. The van der Waals surface area contributed by atoms with E-state index in [1.807, 2.05) is 43.3 Å². The lowest BCUT2D eigenvalue weighted by molar-refractivity contribution is 0.429. The minimum atomic E-state index is -0.219. The summed E-state index contributed by atoms with van der Waals surface area (Å²) in [5, 5.41) is 0. The number of aryl methyl sites for hydroxylation is 1. The van der Waals surface area contributed by atoms with Crippen molar-refractivity contribution < 1.29 is 4.42 Å². The summed E-state index contributed by atoms with van der Waals surface area (Å²) in [5.41, 5.74) is 2.71. The summed E-state index contributed by atoms with van der Waals surface area (Å²) in [5.74, 6) is 1.30. The van der Waals surface area contributed by atoms with Crippen LogP contribution in [0.2, 0.25) is 0 Å². The van der Waals surface area contributed by atoms with Crippen molar-refractivity contribution in [2.75, 3.05) is 0 Å². The molecule has 1 fully saturated rings. The van der Waals surface area contributed by atoms with Crippen molar-refractivity contribution >= 4 is 0 Å². The number of hydrogen-bond acceptors (Lipinski definition) is 2. The first-order chi connectivity index (χ1) is 9.75. The van der Waals surface area contributed by atoms with Gasteiger partial charge >= 0.3 is 5.63 Å². The van der Waals surface area contributed by atoms with Crippen molar-refractivity contribution in [3.8, 4) is 11.3 Å². The highest BCUT2D eigenvalue weighted by atomic mass is 16.4. The molecule has 2 aromatic rings. The van der Waals surface area contributed by atoms with E-state index in [1.54, 1.807) is 0 Å². The third-order valence-corrected chi connectivity index (χ3v) is 4.23. The van der Waals surface area contributed by atoms with Crippen LogP contribution in [0, 0.1) is 6.92 Å². The summed E-state index contributed by atoms with van der Waals surface area (Å²) in [4.78, 5) is 11.9. The Kier molecular flexibility index (Phi) is 3.72. The summed E-state index contributed by atoms with van der Waals surface area (Å²) < 4.78 is 5.62. The van der Waals surface area contributed by atoms with Crippen LogP contribution in [-0.4, -0.2) is 0 Å². The summed E-state index contributed by atoms with van der Waals surface area (Å²) in [7, 11) is 0. The average Bonchev–Trinajstić information content (AvgIpc) is 2.51. The topological polar surface area (TPSA) is 30.2 Å². The van der Waals surface area contributed by atoms with Gasteiger partial charge in [-0.25, -0.2) is 4.79 Å². The molecule has 1 saturated carbocycles. The third-order valence-electron chi connectivity index (χ3n) is 4.23. The molecule has 0 unspecified atom stereocenters. The van der Waals surface area contributed by atoms with Gasteiger partial charge in [0.1, 0.15) is 5.76 Å². The molecule has 104 valence electrons. The molecule has 2 heteroatoms. The van der Waals surface area contributed by atoms with Crippen LogP contribution in [0.4, 0.5) is 0 Å². The minimum absolute atomic E-state index is 0.219. The van der Waals surface area contributed by atoms with E-state index < -0.39 is 0 Å². The van der Waals surface area contributed by atoms with Crippen molar-refractivity contribution in [2.24, 2.45) is 0 Å². The Morgan fingerprint density at radius 1 is 1.05 bits per heavy atom. The Morgan fingerprint density at radius 3 is 2.45 bits per heavy atom. The number of rotatable bonds is 2. The van der Waals surface area contributed by atoms with Crippen LogP contribution in [0.5, 0.6) is 0 Å². The van der Waals surface area contributed by atoms with Gasteiger partial charge in [0.15, 0.2) is 0 Å². The van der Waals surface area contributed by atoms with Crippen LogP contribution in [-0.2, 0) is 0 Å². The molecule has 0 amide bonds. The van der Waals surface area contributed by atoms with Gasteiger partial charge in [0, 0.05) is 11.1 Å². The summed E-state index contributed by atoms with van der Waals surface area (Å²) >= 11 is 0. The summed E-state index contributed by atoms with van der Waals surface area (Å²) in [6.07, 6.45) is 6.28. The van der Waals surface area contributed by atoms with E-state index >= 15 is 0 Å². The molecule has 0 atom stereocenters. The van der Waals surface area contributed by atoms with Crippen LogP contribution < -0.4 is 5.63 Å². The Labute approximate surface area is 119 Å². The molecule has 0 spiro atoms. The Balaban J connectivity index is 2.12. The quantitative estimate of drug-likeness (QED) is 0.792. The van der Waals surface area contributed by atoms with E-state index in [-0.39, 0.29) is 5.63 Å². The molecule has 1 aromatic heterocycles. The fraction of sp³-hybridized carbons (Fsp3) is 0.389. The molecule has 3 rings (SSSR count). The molecule has 1 aliphatic rings. The van der Waals surface area contributed by atoms with Gasteiger partial charge in [0.2, 0.25) is 0 Å². The maximum absolute atomic E-state index is 11.9. The van der Waals surface area contributed by atoms with Gasteiger partial charge in [-0.3, -0.25) is 0 Å². The maximum atomic E-state index is 11.9. The molecule has 20 heavy (non-hydrogen) atoms. The van der Waals surface area contributed by atoms with Crippen molar-refractivity contribution in [1.29, 1.82) is 0 Å². The van der Waals surface area contributed by atoms with Crippen LogP contribution in [0.25, 0.3) is 11.3 Å². The van der Waals surface area contributed by atoms with E-state index in [9.17, 15) is 4.79 Å². The van der Waals surface area contributed by atoms with E-state index in [0.717, 1.165) is 11.3 Å². The van der Waals surface area contributed by atoms with Gasteiger partial charge in [0.05, 0.1) is 0 Å². The van der Waals surface area contributed by atoms with Crippen LogP contribution in [0.1, 0.15) is 49.1 Å². The molecule has 0 saturated heterocycles. The Bertz CT molecular complexity index is 634. The zero-order chi connectivity index (χ0) is 13.9. The molecule has 0 radical (unpaired) electrons. The van der Waals surface area contributed by atoms with Crippen LogP contribution in [0.3, 0.4) is 0 Å². The standard InChI is InChI=1S/C18H20O2/c1-13-12-16(14-8-4-2-5-9-14)17(20-18(13)19)15-10-6-3-7-11-15/h3,6-7,10-12,14H,2,4-5,8-9H2,1H3. The third kappa shape index (κ3) is 2.55. The highest BCUT2D eigenvalue weighted by Crippen LogP contribution is 2.37. The molecule has 1 heterocycles. The normalized spacial score (nSPS) is 16.2. The summed E-state index contributed by atoms with van der Waals surface area (Å²) in [6, 6.07) is 12.0. The van der Waals surface area contributed by atoms with E-state index in [4.69, 9.17) is 4.42 Å². The predicted octanol–water partition coefficient (Wildman–Crippen LogP) is 4.66. The lowest BCUT2D eigenvalue weighted by Gasteiger charge is -2.23. The van der Waals surface area contributed by atoms with E-state index in [1.165, 1.54) is 37.7 Å².